The van der Waals surface area contributed by atoms with Crippen LogP contribution in [0, 0.1) is 13.8 Å². The normalized spacial score (nSPS) is 10.4. The van der Waals surface area contributed by atoms with Gasteiger partial charge < -0.3 is 15.4 Å². The van der Waals surface area contributed by atoms with Crippen molar-refractivity contribution in [2.24, 2.45) is 0 Å². The molecule has 2 aromatic rings. The molecular formula is C20H24N2O3. The SMILES string of the molecule is COCc1cccc(CNC(=O)CNC(=O)c2cc(C)cc(C)c2)c1. The minimum atomic E-state index is -0.246. The van der Waals surface area contributed by atoms with Crippen molar-refractivity contribution in [1.29, 1.82) is 0 Å². The number of rotatable bonds is 7. The molecule has 2 aromatic carbocycles. The summed E-state index contributed by atoms with van der Waals surface area (Å²) in [6, 6.07) is 13.4. The second-order valence-corrected chi connectivity index (χ2v) is 6.09. The Labute approximate surface area is 148 Å². The van der Waals surface area contributed by atoms with E-state index in [9.17, 15) is 9.59 Å². The molecule has 0 heterocycles. The van der Waals surface area contributed by atoms with Gasteiger partial charge in [-0.25, -0.2) is 0 Å². The Kier molecular flexibility index (Phi) is 6.71. The van der Waals surface area contributed by atoms with Crippen LogP contribution in [0.5, 0.6) is 0 Å². The second kappa shape index (κ2) is 8.99. The van der Waals surface area contributed by atoms with Crippen LogP contribution in [0.4, 0.5) is 0 Å². The Hall–Kier alpha value is -2.66. The topological polar surface area (TPSA) is 67.4 Å². The highest BCUT2D eigenvalue weighted by atomic mass is 16.5. The van der Waals surface area contributed by atoms with E-state index in [1.807, 2.05) is 56.3 Å². The number of ether oxygens (including phenoxy) is 1. The largest absolute Gasteiger partial charge is 0.380 e. The summed E-state index contributed by atoms with van der Waals surface area (Å²) in [5.74, 6) is -0.473. The van der Waals surface area contributed by atoms with Crippen LogP contribution >= 0.6 is 0 Å². The van der Waals surface area contributed by atoms with Crippen LogP contribution in [-0.2, 0) is 22.7 Å². The van der Waals surface area contributed by atoms with Gasteiger partial charge in [-0.1, -0.05) is 41.5 Å². The van der Waals surface area contributed by atoms with Crippen LogP contribution in [0.15, 0.2) is 42.5 Å². The van der Waals surface area contributed by atoms with Crippen LogP contribution in [0.3, 0.4) is 0 Å². The second-order valence-electron chi connectivity index (χ2n) is 6.09. The molecule has 2 N–H and O–H groups in total. The molecule has 0 aliphatic heterocycles. The fourth-order valence-corrected chi connectivity index (χ4v) is 2.63. The summed E-state index contributed by atoms with van der Waals surface area (Å²) in [4.78, 5) is 24.1. The molecule has 0 aromatic heterocycles. The zero-order valence-electron chi connectivity index (χ0n) is 14.9. The van der Waals surface area contributed by atoms with E-state index in [1.54, 1.807) is 7.11 Å². The summed E-state index contributed by atoms with van der Waals surface area (Å²) in [6.45, 7) is 4.77. The molecule has 0 radical (unpaired) electrons. The summed E-state index contributed by atoms with van der Waals surface area (Å²) < 4.78 is 5.10. The highest BCUT2D eigenvalue weighted by Gasteiger charge is 2.09. The third-order valence-electron chi connectivity index (χ3n) is 3.69. The molecule has 0 bridgehead atoms. The Morgan fingerprint density at radius 1 is 0.960 bits per heavy atom. The molecule has 5 nitrogen and oxygen atoms in total. The average molecular weight is 340 g/mol. The van der Waals surface area contributed by atoms with Crippen molar-refractivity contribution in [3.05, 3.63) is 70.3 Å². The number of carbonyl (C=O) groups excluding carboxylic acids is 2. The lowest BCUT2D eigenvalue weighted by Gasteiger charge is -2.09. The van der Waals surface area contributed by atoms with Crippen molar-refractivity contribution in [3.8, 4) is 0 Å². The predicted octanol–water partition coefficient (Wildman–Crippen LogP) is 2.50. The molecule has 5 heteroatoms. The molecule has 2 amide bonds. The number of aryl methyl sites for hydroxylation is 2. The zero-order chi connectivity index (χ0) is 18.2. The first kappa shape index (κ1) is 18.7. The minimum Gasteiger partial charge on any atom is -0.380 e. The van der Waals surface area contributed by atoms with Gasteiger partial charge >= 0.3 is 0 Å². The van der Waals surface area contributed by atoms with Gasteiger partial charge in [0.1, 0.15) is 0 Å². The molecule has 0 aliphatic rings. The number of hydrogen-bond donors (Lipinski definition) is 2. The van der Waals surface area contributed by atoms with E-state index in [0.717, 1.165) is 22.3 Å². The lowest BCUT2D eigenvalue weighted by Crippen LogP contribution is -2.36. The van der Waals surface area contributed by atoms with Crippen molar-refractivity contribution >= 4 is 11.8 Å². The van der Waals surface area contributed by atoms with E-state index in [1.165, 1.54) is 0 Å². The first-order valence-corrected chi connectivity index (χ1v) is 8.18. The van der Waals surface area contributed by atoms with Gasteiger partial charge in [-0.05, 0) is 37.1 Å². The Balaban J connectivity index is 1.82. The molecule has 0 fully saturated rings. The average Bonchev–Trinajstić information content (AvgIpc) is 2.57. The maximum Gasteiger partial charge on any atom is 0.251 e. The molecule has 0 saturated heterocycles. The van der Waals surface area contributed by atoms with E-state index in [2.05, 4.69) is 10.6 Å². The van der Waals surface area contributed by atoms with Crippen molar-refractivity contribution < 1.29 is 14.3 Å². The summed E-state index contributed by atoms with van der Waals surface area (Å²) in [5, 5.41) is 5.45. The smallest absolute Gasteiger partial charge is 0.251 e. The summed E-state index contributed by atoms with van der Waals surface area (Å²) in [5.41, 5.74) is 4.65. The Morgan fingerprint density at radius 2 is 1.64 bits per heavy atom. The Morgan fingerprint density at radius 3 is 2.32 bits per heavy atom. The van der Waals surface area contributed by atoms with E-state index in [4.69, 9.17) is 4.74 Å². The first-order valence-electron chi connectivity index (χ1n) is 8.18. The number of benzene rings is 2. The van der Waals surface area contributed by atoms with Crippen molar-refractivity contribution in [3.63, 3.8) is 0 Å². The van der Waals surface area contributed by atoms with Gasteiger partial charge in [0.2, 0.25) is 5.91 Å². The summed E-state index contributed by atoms with van der Waals surface area (Å²) >= 11 is 0. The van der Waals surface area contributed by atoms with Crippen LogP contribution in [-0.4, -0.2) is 25.5 Å². The third-order valence-corrected chi connectivity index (χ3v) is 3.69. The summed E-state index contributed by atoms with van der Waals surface area (Å²) in [6.07, 6.45) is 0. The molecule has 0 unspecified atom stereocenters. The van der Waals surface area contributed by atoms with Crippen LogP contribution in [0.2, 0.25) is 0 Å². The van der Waals surface area contributed by atoms with Gasteiger partial charge in [0.15, 0.2) is 0 Å². The van der Waals surface area contributed by atoms with E-state index < -0.39 is 0 Å². The van der Waals surface area contributed by atoms with Crippen molar-refractivity contribution in [1.82, 2.24) is 10.6 Å². The van der Waals surface area contributed by atoms with Gasteiger partial charge in [0.05, 0.1) is 13.2 Å². The van der Waals surface area contributed by atoms with Gasteiger partial charge in [-0.3, -0.25) is 9.59 Å². The third kappa shape index (κ3) is 6.04. The number of nitrogens with one attached hydrogen (secondary N) is 2. The maximum atomic E-state index is 12.1. The van der Waals surface area contributed by atoms with Gasteiger partial charge in [-0.2, -0.15) is 0 Å². The molecule has 0 aliphatic carbocycles. The standard InChI is InChI=1S/C20H24N2O3/c1-14-7-15(2)9-18(8-14)20(24)22-12-19(23)21-11-16-5-4-6-17(10-16)13-25-3/h4-10H,11-13H2,1-3H3,(H,21,23)(H,22,24). The lowest BCUT2D eigenvalue weighted by atomic mass is 10.1. The Bertz CT molecular complexity index is 736. The highest BCUT2D eigenvalue weighted by molar-refractivity contribution is 5.96. The van der Waals surface area contributed by atoms with Crippen molar-refractivity contribution in [2.75, 3.05) is 13.7 Å². The molecule has 132 valence electrons. The van der Waals surface area contributed by atoms with Crippen LogP contribution in [0.25, 0.3) is 0 Å². The van der Waals surface area contributed by atoms with E-state index in [-0.39, 0.29) is 18.4 Å². The molecular weight excluding hydrogens is 316 g/mol. The molecule has 25 heavy (non-hydrogen) atoms. The number of amides is 2. The van der Waals surface area contributed by atoms with Crippen LogP contribution < -0.4 is 10.6 Å². The number of methoxy groups -OCH3 is 1. The fourth-order valence-electron chi connectivity index (χ4n) is 2.63. The molecule has 0 spiro atoms. The quantitative estimate of drug-likeness (QED) is 0.814. The highest BCUT2D eigenvalue weighted by Crippen LogP contribution is 2.08. The lowest BCUT2D eigenvalue weighted by molar-refractivity contribution is -0.120. The first-order chi connectivity index (χ1) is 12.0. The van der Waals surface area contributed by atoms with Gasteiger partial charge in [0, 0.05) is 19.2 Å². The molecule has 2 rings (SSSR count). The van der Waals surface area contributed by atoms with E-state index in [0.29, 0.717) is 18.7 Å². The maximum absolute atomic E-state index is 12.1. The zero-order valence-corrected chi connectivity index (χ0v) is 14.9. The monoisotopic (exact) mass is 340 g/mol. The number of carbonyl (C=O) groups is 2. The fraction of sp³-hybridized carbons (Fsp3) is 0.300. The predicted molar refractivity (Wildman–Crippen MR) is 97.3 cm³/mol. The summed E-state index contributed by atoms with van der Waals surface area (Å²) in [7, 11) is 1.65. The number of hydrogen-bond acceptors (Lipinski definition) is 3. The minimum absolute atomic E-state index is 0.0520. The molecule has 0 saturated carbocycles. The van der Waals surface area contributed by atoms with Crippen molar-refractivity contribution in [2.45, 2.75) is 27.0 Å². The van der Waals surface area contributed by atoms with E-state index >= 15 is 0 Å². The molecule has 0 atom stereocenters. The van der Waals surface area contributed by atoms with Gasteiger partial charge in [-0.15, -0.1) is 0 Å². The van der Waals surface area contributed by atoms with Gasteiger partial charge in [0.25, 0.3) is 5.91 Å². The van der Waals surface area contributed by atoms with Crippen LogP contribution in [0.1, 0.15) is 32.6 Å².